The lowest BCUT2D eigenvalue weighted by Gasteiger charge is -2.18. The van der Waals surface area contributed by atoms with E-state index < -0.39 is 24.8 Å². The second kappa shape index (κ2) is 5.02. The van der Waals surface area contributed by atoms with Gasteiger partial charge < -0.3 is 0 Å². The summed E-state index contributed by atoms with van der Waals surface area (Å²) in [6, 6.07) is 2.28. The maximum absolute atomic E-state index is 12.6. The molecule has 12 heteroatoms. The molecule has 0 saturated heterocycles. The number of nitrogens with zero attached hydrogens (tertiary/aromatic N) is 5. The van der Waals surface area contributed by atoms with E-state index in [4.69, 9.17) is 0 Å². The summed E-state index contributed by atoms with van der Waals surface area (Å²) < 4.78 is 74.3. The van der Waals surface area contributed by atoms with Crippen LogP contribution < -0.4 is 5.06 Å². The van der Waals surface area contributed by atoms with Gasteiger partial charge in [0.2, 0.25) is 0 Å². The minimum absolute atomic E-state index is 0.199. The van der Waals surface area contributed by atoms with Crippen LogP contribution in [0.25, 0.3) is 5.65 Å². The van der Waals surface area contributed by atoms with E-state index in [2.05, 4.69) is 20.1 Å². The Morgan fingerprint density at radius 2 is 1.81 bits per heavy atom. The van der Waals surface area contributed by atoms with Gasteiger partial charge in [-0.1, -0.05) is 0 Å². The Morgan fingerprint density at radius 1 is 1.14 bits per heavy atom. The van der Waals surface area contributed by atoms with E-state index in [1.165, 1.54) is 0 Å². The van der Waals surface area contributed by atoms with Crippen LogP contribution in [0, 0.1) is 0 Å². The van der Waals surface area contributed by atoms with Gasteiger partial charge in [0.05, 0.1) is 0 Å². The molecule has 0 bridgehead atoms. The largest absolute Gasteiger partial charge is 0.453 e. The van der Waals surface area contributed by atoms with Crippen LogP contribution in [-0.4, -0.2) is 39.6 Å². The van der Waals surface area contributed by atoms with Crippen molar-refractivity contribution in [1.82, 2.24) is 19.8 Å². The van der Waals surface area contributed by atoms with Gasteiger partial charge in [0.15, 0.2) is 18.1 Å². The number of hydrogen-bond donors (Lipinski definition) is 0. The molecule has 6 nitrogen and oxygen atoms in total. The van der Waals surface area contributed by atoms with Gasteiger partial charge >= 0.3 is 12.4 Å². The normalized spacial score (nSPS) is 12.9. The van der Waals surface area contributed by atoms with Crippen LogP contribution in [0.5, 0.6) is 0 Å². The van der Waals surface area contributed by atoms with Crippen molar-refractivity contribution in [3.05, 3.63) is 18.0 Å². The highest BCUT2D eigenvalue weighted by atomic mass is 19.4. The number of anilines is 1. The molecule has 21 heavy (non-hydrogen) atoms. The van der Waals surface area contributed by atoms with Crippen LogP contribution in [0.2, 0.25) is 0 Å². The smallest absolute Gasteiger partial charge is 0.263 e. The minimum Gasteiger partial charge on any atom is -0.263 e. The summed E-state index contributed by atoms with van der Waals surface area (Å²) in [6.45, 7) is -1.60. The minimum atomic E-state index is -4.80. The van der Waals surface area contributed by atoms with Crippen molar-refractivity contribution >= 4 is 11.5 Å². The summed E-state index contributed by atoms with van der Waals surface area (Å²) in [6.07, 6.45) is -9.37. The van der Waals surface area contributed by atoms with E-state index in [0.717, 1.165) is 19.2 Å². The molecule has 0 amide bonds. The predicted molar refractivity (Wildman–Crippen MR) is 56.2 cm³/mol. The number of alkyl halides is 6. The SMILES string of the molecule is CN(OCC(F)(F)F)c1ccc2nnc(C(F)(F)F)n2n1. The van der Waals surface area contributed by atoms with Crippen LogP contribution in [-0.2, 0) is 11.0 Å². The molecule has 0 aliphatic carbocycles. The molecule has 0 fully saturated rings. The maximum atomic E-state index is 12.6. The Kier molecular flexibility index (Phi) is 3.65. The zero-order chi connectivity index (χ0) is 15.8. The monoisotopic (exact) mass is 315 g/mol. The van der Waals surface area contributed by atoms with Crippen molar-refractivity contribution in [2.24, 2.45) is 0 Å². The van der Waals surface area contributed by atoms with Crippen LogP contribution >= 0.6 is 0 Å². The number of hydrogen-bond acceptors (Lipinski definition) is 5. The summed E-state index contributed by atoms with van der Waals surface area (Å²) in [7, 11) is 1.08. The molecule has 0 N–H and O–H groups in total. The van der Waals surface area contributed by atoms with E-state index in [0.29, 0.717) is 9.58 Å². The summed E-state index contributed by atoms with van der Waals surface area (Å²) >= 11 is 0. The van der Waals surface area contributed by atoms with E-state index in [1.54, 1.807) is 0 Å². The fourth-order valence-corrected chi connectivity index (χ4v) is 1.36. The van der Waals surface area contributed by atoms with Crippen LogP contribution in [0.1, 0.15) is 5.82 Å². The number of aromatic nitrogens is 4. The lowest BCUT2D eigenvalue weighted by Crippen LogP contribution is -2.27. The second-order valence-corrected chi connectivity index (χ2v) is 3.87. The molecule has 0 spiro atoms. The number of hydroxylamine groups is 1. The molecule has 0 radical (unpaired) electrons. The zero-order valence-electron chi connectivity index (χ0n) is 10.3. The third kappa shape index (κ3) is 3.51. The lowest BCUT2D eigenvalue weighted by molar-refractivity contribution is -0.176. The molecule has 2 aromatic heterocycles. The zero-order valence-corrected chi connectivity index (χ0v) is 10.3. The quantitative estimate of drug-likeness (QED) is 0.641. The molecule has 0 aromatic carbocycles. The average molecular weight is 315 g/mol. The standard InChI is InChI=1S/C9H7F6N5O/c1-19(21-4-8(10,11)12)6-3-2-5-16-17-7(9(13,14)15)20(5)18-6/h2-3H,4H2,1H3. The van der Waals surface area contributed by atoms with E-state index >= 15 is 0 Å². The molecule has 0 unspecified atom stereocenters. The Hall–Kier alpha value is -2.11. The third-order valence-electron chi connectivity index (χ3n) is 2.25. The Bertz CT molecular complexity index is 636. The molecule has 0 aliphatic rings. The molecule has 0 aliphatic heterocycles. The highest BCUT2D eigenvalue weighted by Crippen LogP contribution is 2.28. The highest BCUT2D eigenvalue weighted by Gasteiger charge is 2.37. The van der Waals surface area contributed by atoms with Gasteiger partial charge in [-0.3, -0.25) is 4.84 Å². The van der Waals surface area contributed by atoms with Crippen molar-refractivity contribution in [3.63, 3.8) is 0 Å². The van der Waals surface area contributed by atoms with Gasteiger partial charge in [-0.2, -0.15) is 30.9 Å². The van der Waals surface area contributed by atoms with Crippen molar-refractivity contribution in [2.75, 3.05) is 18.7 Å². The van der Waals surface area contributed by atoms with E-state index in [9.17, 15) is 26.3 Å². The average Bonchev–Trinajstić information content (AvgIpc) is 2.77. The van der Waals surface area contributed by atoms with Gasteiger partial charge in [-0.05, 0) is 12.1 Å². The predicted octanol–water partition coefficient (Wildman–Crippen LogP) is 2.07. The number of rotatable bonds is 3. The second-order valence-electron chi connectivity index (χ2n) is 3.87. The molecule has 116 valence electrons. The molecular formula is C9H7F6N5O. The maximum Gasteiger partial charge on any atom is 0.453 e. The van der Waals surface area contributed by atoms with Crippen molar-refractivity contribution in [2.45, 2.75) is 12.4 Å². The number of fused-ring (bicyclic) bond motifs is 1. The first-order valence-corrected chi connectivity index (χ1v) is 5.31. The first kappa shape index (κ1) is 15.3. The summed E-state index contributed by atoms with van der Waals surface area (Å²) in [5, 5.41) is 10.3. The Balaban J connectivity index is 2.29. The number of halogens is 6. The first-order valence-electron chi connectivity index (χ1n) is 5.31. The summed E-state index contributed by atoms with van der Waals surface area (Å²) in [4.78, 5) is 4.35. The van der Waals surface area contributed by atoms with Gasteiger partial charge in [0.1, 0.15) is 0 Å². The molecule has 2 heterocycles. The van der Waals surface area contributed by atoms with Gasteiger partial charge in [-0.15, -0.1) is 15.3 Å². The fraction of sp³-hybridized carbons (Fsp3) is 0.444. The molecule has 2 rings (SSSR count). The molecule has 0 saturated carbocycles. The van der Waals surface area contributed by atoms with E-state index in [-0.39, 0.29) is 11.5 Å². The van der Waals surface area contributed by atoms with Crippen molar-refractivity contribution in [1.29, 1.82) is 0 Å². The summed E-state index contributed by atoms with van der Waals surface area (Å²) in [5.41, 5.74) is -0.199. The fourth-order valence-electron chi connectivity index (χ4n) is 1.36. The van der Waals surface area contributed by atoms with Crippen LogP contribution in [0.15, 0.2) is 12.1 Å². The topological polar surface area (TPSA) is 55.5 Å². The molecular weight excluding hydrogens is 308 g/mol. The molecule has 2 aromatic rings. The van der Waals surface area contributed by atoms with Crippen molar-refractivity contribution in [3.8, 4) is 0 Å². The van der Waals surface area contributed by atoms with Crippen molar-refractivity contribution < 1.29 is 31.2 Å². The summed E-state index contributed by atoms with van der Waals surface area (Å²) in [5.74, 6) is -1.65. The Morgan fingerprint density at radius 3 is 2.38 bits per heavy atom. The van der Waals surface area contributed by atoms with Gasteiger partial charge in [0, 0.05) is 7.05 Å². The third-order valence-corrected chi connectivity index (χ3v) is 2.25. The first-order chi connectivity index (χ1) is 9.58. The lowest BCUT2D eigenvalue weighted by atomic mass is 10.5. The Labute approximate surface area is 112 Å². The highest BCUT2D eigenvalue weighted by molar-refractivity contribution is 5.44. The molecule has 0 atom stereocenters. The van der Waals surface area contributed by atoms with Crippen LogP contribution in [0.4, 0.5) is 32.2 Å². The van der Waals surface area contributed by atoms with E-state index in [1.807, 2.05) is 0 Å². The van der Waals surface area contributed by atoms with Gasteiger partial charge in [-0.25, -0.2) is 5.06 Å². The van der Waals surface area contributed by atoms with Gasteiger partial charge in [0.25, 0.3) is 5.82 Å². The van der Waals surface area contributed by atoms with Crippen LogP contribution in [0.3, 0.4) is 0 Å².